The van der Waals surface area contributed by atoms with Crippen molar-refractivity contribution in [1.82, 2.24) is 0 Å². The lowest BCUT2D eigenvalue weighted by atomic mass is 10.2. The molecular formula is C11H13FO2S. The molecule has 0 aliphatic carbocycles. The smallest absolute Gasteiger partial charge is 0.168 e. The second-order valence-corrected chi connectivity index (χ2v) is 4.79. The van der Waals surface area contributed by atoms with Crippen LogP contribution in [0.5, 0.6) is 11.5 Å². The molecule has 0 bridgehead atoms. The van der Waals surface area contributed by atoms with Gasteiger partial charge in [0, 0.05) is 6.07 Å². The summed E-state index contributed by atoms with van der Waals surface area (Å²) in [5, 5.41) is 9.01. The Balaban J connectivity index is 2.00. The molecule has 1 aliphatic rings. The van der Waals surface area contributed by atoms with E-state index in [4.69, 9.17) is 9.84 Å². The van der Waals surface area contributed by atoms with Gasteiger partial charge >= 0.3 is 0 Å². The van der Waals surface area contributed by atoms with Crippen molar-refractivity contribution >= 4 is 11.8 Å². The van der Waals surface area contributed by atoms with E-state index in [-0.39, 0.29) is 11.2 Å². The summed E-state index contributed by atoms with van der Waals surface area (Å²) < 4.78 is 18.6. The van der Waals surface area contributed by atoms with Crippen LogP contribution in [0.1, 0.15) is 19.3 Å². The molecule has 2 nitrogen and oxygen atoms in total. The highest BCUT2D eigenvalue weighted by Gasteiger charge is 2.15. The average molecular weight is 228 g/mol. The number of phenolic OH excluding ortho intramolecular Hbond substituents is 1. The lowest BCUT2D eigenvalue weighted by Crippen LogP contribution is -2.16. The van der Waals surface area contributed by atoms with E-state index in [9.17, 15) is 4.39 Å². The molecule has 15 heavy (non-hydrogen) atoms. The number of benzene rings is 1. The maximum atomic E-state index is 13.0. The number of phenols is 1. The van der Waals surface area contributed by atoms with Crippen LogP contribution < -0.4 is 4.74 Å². The number of hydrogen-bond donors (Lipinski definition) is 1. The van der Waals surface area contributed by atoms with E-state index in [1.54, 1.807) is 17.8 Å². The summed E-state index contributed by atoms with van der Waals surface area (Å²) in [6.45, 7) is 0. The second-order valence-electron chi connectivity index (χ2n) is 3.53. The lowest BCUT2D eigenvalue weighted by Gasteiger charge is -2.22. The predicted octanol–water partition coefficient (Wildman–Crippen LogP) is 3.15. The van der Waals surface area contributed by atoms with Gasteiger partial charge in [0.25, 0.3) is 0 Å². The van der Waals surface area contributed by atoms with E-state index >= 15 is 0 Å². The first-order valence-corrected chi connectivity index (χ1v) is 6.07. The summed E-state index contributed by atoms with van der Waals surface area (Å²) in [6, 6.07) is 4.14. The Labute approximate surface area is 92.4 Å². The molecule has 1 atom stereocenters. The molecule has 0 saturated carbocycles. The van der Waals surface area contributed by atoms with Gasteiger partial charge in [-0.25, -0.2) is 4.39 Å². The zero-order valence-electron chi connectivity index (χ0n) is 8.28. The standard InChI is InChI=1S/C11H13FO2S/c12-9-7-8(4-5-10(9)13)14-11-3-1-2-6-15-11/h4-5,7,11,13H,1-3,6H2. The highest BCUT2D eigenvalue weighted by molar-refractivity contribution is 7.99. The summed E-state index contributed by atoms with van der Waals surface area (Å²) in [5.74, 6) is 0.627. The highest BCUT2D eigenvalue weighted by atomic mass is 32.2. The highest BCUT2D eigenvalue weighted by Crippen LogP contribution is 2.29. The number of ether oxygens (including phenoxy) is 1. The minimum Gasteiger partial charge on any atom is -0.505 e. The maximum absolute atomic E-state index is 13.0. The Morgan fingerprint density at radius 3 is 2.93 bits per heavy atom. The summed E-state index contributed by atoms with van der Waals surface area (Å²) in [6.07, 6.45) is 3.40. The topological polar surface area (TPSA) is 29.5 Å². The first-order chi connectivity index (χ1) is 7.25. The number of hydrogen-bond acceptors (Lipinski definition) is 3. The van der Waals surface area contributed by atoms with Crippen LogP contribution in [0, 0.1) is 5.82 Å². The van der Waals surface area contributed by atoms with E-state index in [0.29, 0.717) is 5.75 Å². The molecule has 2 rings (SSSR count). The van der Waals surface area contributed by atoms with E-state index in [1.165, 1.54) is 18.6 Å². The van der Waals surface area contributed by atoms with Gasteiger partial charge in [0.05, 0.1) is 0 Å². The third kappa shape index (κ3) is 2.78. The molecule has 0 amide bonds. The molecule has 0 spiro atoms. The van der Waals surface area contributed by atoms with Crippen LogP contribution in [0.15, 0.2) is 18.2 Å². The van der Waals surface area contributed by atoms with Crippen LogP contribution in [0.3, 0.4) is 0 Å². The van der Waals surface area contributed by atoms with Crippen molar-refractivity contribution in [2.45, 2.75) is 24.7 Å². The van der Waals surface area contributed by atoms with Crippen molar-refractivity contribution in [3.63, 3.8) is 0 Å². The van der Waals surface area contributed by atoms with Crippen LogP contribution in [-0.2, 0) is 0 Å². The molecule has 1 fully saturated rings. The Bertz CT molecular complexity index is 337. The van der Waals surface area contributed by atoms with Gasteiger partial charge in [0.15, 0.2) is 11.6 Å². The van der Waals surface area contributed by atoms with Gasteiger partial charge in [0.1, 0.15) is 11.2 Å². The normalized spacial score (nSPS) is 21.3. The minimum absolute atomic E-state index is 0.127. The number of thioether (sulfide) groups is 1. The van der Waals surface area contributed by atoms with Gasteiger partial charge in [-0.1, -0.05) is 0 Å². The number of halogens is 1. The number of rotatable bonds is 2. The van der Waals surface area contributed by atoms with Crippen molar-refractivity contribution in [3.05, 3.63) is 24.0 Å². The summed E-state index contributed by atoms with van der Waals surface area (Å²) in [4.78, 5) is 0. The Kier molecular flexibility index (Phi) is 3.36. The first kappa shape index (κ1) is 10.6. The molecule has 1 unspecified atom stereocenters. The Morgan fingerprint density at radius 1 is 1.40 bits per heavy atom. The zero-order valence-corrected chi connectivity index (χ0v) is 9.10. The minimum atomic E-state index is -0.631. The van der Waals surface area contributed by atoms with Crippen LogP contribution in [0.2, 0.25) is 0 Å². The van der Waals surface area contributed by atoms with Gasteiger partial charge in [0.2, 0.25) is 0 Å². The molecule has 0 aromatic heterocycles. The quantitative estimate of drug-likeness (QED) is 0.843. The van der Waals surface area contributed by atoms with Crippen LogP contribution in [0.4, 0.5) is 4.39 Å². The average Bonchev–Trinajstić information content (AvgIpc) is 2.25. The fraction of sp³-hybridized carbons (Fsp3) is 0.455. The van der Waals surface area contributed by atoms with Crippen molar-refractivity contribution in [3.8, 4) is 11.5 Å². The van der Waals surface area contributed by atoms with Crippen molar-refractivity contribution < 1.29 is 14.2 Å². The fourth-order valence-corrected chi connectivity index (χ4v) is 2.66. The van der Waals surface area contributed by atoms with Crippen molar-refractivity contribution in [2.24, 2.45) is 0 Å². The van der Waals surface area contributed by atoms with Crippen LogP contribution >= 0.6 is 11.8 Å². The summed E-state index contributed by atoms with van der Waals surface area (Å²) in [7, 11) is 0. The van der Waals surface area contributed by atoms with Gasteiger partial charge < -0.3 is 9.84 Å². The van der Waals surface area contributed by atoms with E-state index in [2.05, 4.69) is 0 Å². The van der Waals surface area contributed by atoms with Crippen LogP contribution in [0.25, 0.3) is 0 Å². The largest absolute Gasteiger partial charge is 0.505 e. The molecule has 1 aromatic carbocycles. The maximum Gasteiger partial charge on any atom is 0.168 e. The predicted molar refractivity (Wildman–Crippen MR) is 58.8 cm³/mol. The van der Waals surface area contributed by atoms with Crippen molar-refractivity contribution in [1.29, 1.82) is 0 Å². The molecule has 1 aliphatic heterocycles. The monoisotopic (exact) mass is 228 g/mol. The SMILES string of the molecule is Oc1ccc(OC2CCCCS2)cc1F. The molecule has 1 saturated heterocycles. The Morgan fingerprint density at radius 2 is 2.27 bits per heavy atom. The molecular weight excluding hydrogens is 215 g/mol. The second kappa shape index (κ2) is 4.75. The molecule has 82 valence electrons. The third-order valence-electron chi connectivity index (χ3n) is 2.32. The first-order valence-electron chi connectivity index (χ1n) is 5.02. The zero-order chi connectivity index (χ0) is 10.7. The Hall–Kier alpha value is -0.900. The van der Waals surface area contributed by atoms with Gasteiger partial charge in [-0.3, -0.25) is 0 Å². The molecule has 0 radical (unpaired) electrons. The summed E-state index contributed by atoms with van der Waals surface area (Å²) in [5.41, 5.74) is 0.127. The van der Waals surface area contributed by atoms with Crippen LogP contribution in [-0.4, -0.2) is 16.3 Å². The van der Waals surface area contributed by atoms with E-state index in [0.717, 1.165) is 18.6 Å². The van der Waals surface area contributed by atoms with Gasteiger partial charge in [-0.15, -0.1) is 11.8 Å². The molecule has 1 aromatic rings. The van der Waals surface area contributed by atoms with E-state index in [1.807, 2.05) is 0 Å². The molecule has 1 N–H and O–H groups in total. The number of aromatic hydroxyl groups is 1. The van der Waals surface area contributed by atoms with E-state index < -0.39 is 5.82 Å². The van der Waals surface area contributed by atoms with Gasteiger partial charge in [-0.05, 0) is 37.1 Å². The molecule has 1 heterocycles. The summed E-state index contributed by atoms with van der Waals surface area (Å²) >= 11 is 1.76. The third-order valence-corrected chi connectivity index (χ3v) is 3.55. The fourth-order valence-electron chi connectivity index (χ4n) is 1.52. The van der Waals surface area contributed by atoms with Crippen molar-refractivity contribution in [2.75, 3.05) is 5.75 Å². The lowest BCUT2D eigenvalue weighted by molar-refractivity contribution is 0.266. The molecule has 4 heteroatoms. The van der Waals surface area contributed by atoms with Gasteiger partial charge in [-0.2, -0.15) is 0 Å².